The number of hydrogen-bond acceptors (Lipinski definition) is 6. The number of hydrogen-bond donors (Lipinski definition) is 2. The number of halogens is 4. The molecule has 6 rings (SSSR count). The fourth-order valence-electron chi connectivity index (χ4n) is 5.48. The summed E-state index contributed by atoms with van der Waals surface area (Å²) in [5, 5.41) is 6.79. The average molecular weight is 591 g/mol. The molecular weight excluding hydrogens is 565 g/mol. The summed E-state index contributed by atoms with van der Waals surface area (Å²) in [5.41, 5.74) is 2.35. The molecule has 1 amide bonds. The van der Waals surface area contributed by atoms with Crippen molar-refractivity contribution in [3.8, 4) is 11.3 Å². The molecule has 3 heterocycles. The molecular formula is C31H26ClF3N6O. The number of fused-ring (bicyclic) bond motifs is 3. The highest BCUT2D eigenvalue weighted by Crippen LogP contribution is 2.35. The van der Waals surface area contributed by atoms with Crippen LogP contribution in [0.25, 0.3) is 11.3 Å². The fourth-order valence-corrected chi connectivity index (χ4v) is 5.65. The lowest BCUT2D eigenvalue weighted by atomic mass is 9.95. The molecule has 2 aliphatic heterocycles. The van der Waals surface area contributed by atoms with Crippen molar-refractivity contribution in [1.82, 2.24) is 20.2 Å². The van der Waals surface area contributed by atoms with Crippen LogP contribution in [0.4, 0.5) is 24.8 Å². The molecule has 1 fully saturated rings. The lowest BCUT2D eigenvalue weighted by Gasteiger charge is -2.36. The largest absolute Gasteiger partial charge is 0.335 e. The van der Waals surface area contributed by atoms with Gasteiger partial charge in [-0.15, -0.1) is 0 Å². The number of nitrogens with zero attached hydrogens (tertiary/aromatic N) is 4. The number of carbonyl (C=O) groups is 1. The van der Waals surface area contributed by atoms with Crippen LogP contribution in [0.15, 0.2) is 65.8 Å². The maximum Gasteiger partial charge on any atom is 0.257 e. The van der Waals surface area contributed by atoms with E-state index in [1.807, 2.05) is 13.8 Å². The van der Waals surface area contributed by atoms with E-state index in [4.69, 9.17) is 16.6 Å². The van der Waals surface area contributed by atoms with Gasteiger partial charge in [0, 0.05) is 58.8 Å². The summed E-state index contributed by atoms with van der Waals surface area (Å²) < 4.78 is 44.5. The second-order valence-electron chi connectivity index (χ2n) is 10.5. The molecule has 0 aliphatic carbocycles. The standard InChI is InChI=1S/C31H26ClF3N6O/c1-16-14-41(15-17(2)38-16)30(42)23-11-20(7-9-24(23)33)39-31-37-13-18-12-36-29(27-25(34)4-3-5-26(27)35)22-10-19(32)6-8-21(22)28(18)40-31/h3-11,13,16-17,38H,12,14-15H2,1-2H3,(H,37,39,40). The molecule has 2 N–H and O–H groups in total. The lowest BCUT2D eigenvalue weighted by molar-refractivity contribution is 0.0669. The number of anilines is 2. The summed E-state index contributed by atoms with van der Waals surface area (Å²) in [6.45, 7) is 4.97. The number of aliphatic imine (C=N–C) groups is 1. The molecule has 0 bridgehead atoms. The number of carbonyl (C=O) groups excluding carboxylic acids is 1. The highest BCUT2D eigenvalue weighted by Gasteiger charge is 2.28. The third-order valence-corrected chi connectivity index (χ3v) is 7.50. The summed E-state index contributed by atoms with van der Waals surface area (Å²) >= 11 is 6.30. The Morgan fingerprint density at radius 1 is 0.976 bits per heavy atom. The summed E-state index contributed by atoms with van der Waals surface area (Å²) in [7, 11) is 0. The number of benzene rings is 3. The van der Waals surface area contributed by atoms with Crippen LogP contribution in [-0.2, 0) is 6.54 Å². The number of rotatable bonds is 4. The first kappa shape index (κ1) is 27.9. The Morgan fingerprint density at radius 3 is 2.45 bits per heavy atom. The van der Waals surface area contributed by atoms with E-state index >= 15 is 0 Å². The van der Waals surface area contributed by atoms with E-state index in [2.05, 4.69) is 20.6 Å². The quantitative estimate of drug-likeness (QED) is 0.299. The van der Waals surface area contributed by atoms with Crippen LogP contribution in [0.3, 0.4) is 0 Å². The molecule has 11 heteroatoms. The van der Waals surface area contributed by atoms with Crippen LogP contribution in [0.2, 0.25) is 5.02 Å². The Bertz CT molecular complexity index is 1720. The number of amides is 1. The van der Waals surface area contributed by atoms with Crippen LogP contribution in [0.1, 0.15) is 40.9 Å². The summed E-state index contributed by atoms with van der Waals surface area (Å²) in [5.74, 6) is -2.32. The van der Waals surface area contributed by atoms with E-state index in [0.29, 0.717) is 46.2 Å². The SMILES string of the molecule is CC1CN(C(=O)c2cc(Nc3ncc4c(n3)-c3ccc(Cl)cc3C(c3c(F)cccc3F)=NC4)ccc2F)CC(C)N1. The minimum Gasteiger partial charge on any atom is -0.335 e. The highest BCUT2D eigenvalue weighted by molar-refractivity contribution is 6.31. The predicted molar refractivity (Wildman–Crippen MR) is 156 cm³/mol. The average Bonchev–Trinajstić information content (AvgIpc) is 3.10. The van der Waals surface area contributed by atoms with Gasteiger partial charge in [0.15, 0.2) is 0 Å². The van der Waals surface area contributed by atoms with Gasteiger partial charge in [0.1, 0.15) is 17.5 Å². The number of piperazine rings is 1. The van der Waals surface area contributed by atoms with Gasteiger partial charge in [0.2, 0.25) is 5.95 Å². The lowest BCUT2D eigenvalue weighted by Crippen LogP contribution is -2.55. The minimum absolute atomic E-state index is 0.0546. The normalized spacial score (nSPS) is 18.0. The summed E-state index contributed by atoms with van der Waals surface area (Å²) in [6.07, 6.45) is 1.58. The van der Waals surface area contributed by atoms with Crippen LogP contribution < -0.4 is 10.6 Å². The van der Waals surface area contributed by atoms with Crippen molar-refractivity contribution in [1.29, 1.82) is 0 Å². The second-order valence-corrected chi connectivity index (χ2v) is 11.0. The van der Waals surface area contributed by atoms with E-state index in [-0.39, 0.29) is 41.4 Å². The molecule has 2 aliphatic rings. The van der Waals surface area contributed by atoms with E-state index in [0.717, 1.165) is 0 Å². The van der Waals surface area contributed by atoms with E-state index in [1.54, 1.807) is 29.3 Å². The first-order chi connectivity index (χ1) is 20.2. The van der Waals surface area contributed by atoms with Gasteiger partial charge in [-0.1, -0.05) is 23.7 Å². The highest BCUT2D eigenvalue weighted by atomic mass is 35.5. The zero-order valence-corrected chi connectivity index (χ0v) is 23.5. The van der Waals surface area contributed by atoms with Gasteiger partial charge in [-0.2, -0.15) is 0 Å². The van der Waals surface area contributed by atoms with Crippen molar-refractivity contribution in [2.45, 2.75) is 32.5 Å². The van der Waals surface area contributed by atoms with Gasteiger partial charge in [-0.05, 0) is 56.3 Å². The maximum atomic E-state index is 14.8. The first-order valence-electron chi connectivity index (χ1n) is 13.4. The summed E-state index contributed by atoms with van der Waals surface area (Å²) in [4.78, 5) is 28.5. The van der Waals surface area contributed by atoms with Crippen molar-refractivity contribution < 1.29 is 18.0 Å². The van der Waals surface area contributed by atoms with Crippen LogP contribution >= 0.6 is 11.6 Å². The van der Waals surface area contributed by atoms with Crippen LogP contribution in [-0.4, -0.2) is 51.7 Å². The zero-order chi connectivity index (χ0) is 29.5. The van der Waals surface area contributed by atoms with Crippen LogP contribution in [0.5, 0.6) is 0 Å². The zero-order valence-electron chi connectivity index (χ0n) is 22.8. The molecule has 2 unspecified atom stereocenters. The third kappa shape index (κ3) is 5.35. The Balaban J connectivity index is 1.34. The molecule has 3 aromatic carbocycles. The first-order valence-corrected chi connectivity index (χ1v) is 13.8. The maximum absolute atomic E-state index is 14.8. The molecule has 1 saturated heterocycles. The Hall–Kier alpha value is -4.28. The van der Waals surface area contributed by atoms with E-state index in [9.17, 15) is 18.0 Å². The van der Waals surface area contributed by atoms with Gasteiger partial charge < -0.3 is 15.5 Å². The van der Waals surface area contributed by atoms with Crippen molar-refractivity contribution in [3.05, 3.63) is 106 Å². The Labute approximate surface area is 245 Å². The Kier molecular flexibility index (Phi) is 7.42. The monoisotopic (exact) mass is 590 g/mol. The number of nitrogens with one attached hydrogen (secondary N) is 2. The van der Waals surface area contributed by atoms with Crippen molar-refractivity contribution in [3.63, 3.8) is 0 Å². The van der Waals surface area contributed by atoms with Crippen molar-refractivity contribution >= 4 is 34.9 Å². The van der Waals surface area contributed by atoms with Gasteiger partial charge >= 0.3 is 0 Å². The smallest absolute Gasteiger partial charge is 0.257 e. The topological polar surface area (TPSA) is 82.5 Å². The van der Waals surface area contributed by atoms with Crippen molar-refractivity contribution in [2.24, 2.45) is 4.99 Å². The molecule has 4 aromatic rings. The fraction of sp³-hybridized carbons (Fsp3) is 0.226. The molecule has 7 nitrogen and oxygen atoms in total. The van der Waals surface area contributed by atoms with E-state index in [1.165, 1.54) is 36.4 Å². The Morgan fingerprint density at radius 2 is 1.71 bits per heavy atom. The van der Waals surface area contributed by atoms with Crippen LogP contribution in [0, 0.1) is 17.5 Å². The second kappa shape index (κ2) is 11.2. The van der Waals surface area contributed by atoms with Gasteiger partial charge in [-0.3, -0.25) is 9.79 Å². The minimum atomic E-state index is -0.745. The molecule has 1 aromatic heterocycles. The molecule has 214 valence electrons. The van der Waals surface area contributed by atoms with E-state index < -0.39 is 23.4 Å². The third-order valence-electron chi connectivity index (χ3n) is 7.26. The molecule has 42 heavy (non-hydrogen) atoms. The number of aromatic nitrogens is 2. The van der Waals surface area contributed by atoms with Gasteiger partial charge in [0.25, 0.3) is 5.91 Å². The molecule has 0 radical (unpaired) electrons. The van der Waals surface area contributed by atoms with Crippen molar-refractivity contribution in [2.75, 3.05) is 18.4 Å². The van der Waals surface area contributed by atoms with Gasteiger partial charge in [0.05, 0.1) is 29.1 Å². The molecule has 2 atom stereocenters. The molecule has 0 spiro atoms. The molecule has 0 saturated carbocycles. The van der Waals surface area contributed by atoms with Gasteiger partial charge in [-0.25, -0.2) is 23.1 Å². The summed E-state index contributed by atoms with van der Waals surface area (Å²) in [6, 6.07) is 13.0. The predicted octanol–water partition coefficient (Wildman–Crippen LogP) is 6.13.